The first kappa shape index (κ1) is 18.5. The van der Waals surface area contributed by atoms with Gasteiger partial charge in [0.05, 0.1) is 29.9 Å². The number of para-hydroxylation sites is 2. The third kappa shape index (κ3) is 4.68. The van der Waals surface area contributed by atoms with Crippen LogP contribution in [0.3, 0.4) is 0 Å². The summed E-state index contributed by atoms with van der Waals surface area (Å²) in [7, 11) is 0. The van der Waals surface area contributed by atoms with Gasteiger partial charge in [0.25, 0.3) is 5.56 Å². The highest BCUT2D eigenvalue weighted by atomic mass is 16.5. The number of carbonyl (C=O) groups is 1. The van der Waals surface area contributed by atoms with Gasteiger partial charge in [-0.15, -0.1) is 0 Å². The molecule has 1 unspecified atom stereocenters. The fraction of sp³-hybridized carbons (Fsp3) is 0.526. The van der Waals surface area contributed by atoms with Gasteiger partial charge in [-0.3, -0.25) is 19.1 Å². The number of benzene rings is 1. The van der Waals surface area contributed by atoms with Crippen LogP contribution < -0.4 is 10.9 Å². The van der Waals surface area contributed by atoms with E-state index in [0.717, 1.165) is 19.6 Å². The number of hydrogen-bond donors (Lipinski definition) is 1. The molecule has 0 spiro atoms. The fourth-order valence-electron chi connectivity index (χ4n) is 3.29. The lowest BCUT2D eigenvalue weighted by Gasteiger charge is -2.34. The molecule has 1 aliphatic rings. The Morgan fingerprint density at radius 1 is 1.38 bits per heavy atom. The van der Waals surface area contributed by atoms with E-state index in [-0.39, 0.29) is 24.1 Å². The van der Waals surface area contributed by atoms with Crippen molar-refractivity contribution in [1.29, 1.82) is 0 Å². The Morgan fingerprint density at radius 2 is 2.19 bits per heavy atom. The van der Waals surface area contributed by atoms with Crippen molar-refractivity contribution in [3.8, 4) is 0 Å². The van der Waals surface area contributed by atoms with Gasteiger partial charge in [0.1, 0.15) is 6.54 Å². The Kier molecular flexibility index (Phi) is 6.00. The molecule has 1 aliphatic heterocycles. The van der Waals surface area contributed by atoms with Crippen molar-refractivity contribution in [1.82, 2.24) is 19.8 Å². The number of carbonyl (C=O) groups excluding carboxylic acids is 1. The predicted molar refractivity (Wildman–Crippen MR) is 100 cm³/mol. The summed E-state index contributed by atoms with van der Waals surface area (Å²) in [5.74, 6) is 0.406. The Hall–Kier alpha value is -2.25. The third-order valence-electron chi connectivity index (χ3n) is 4.43. The van der Waals surface area contributed by atoms with Crippen LogP contribution in [0.2, 0.25) is 0 Å². The summed E-state index contributed by atoms with van der Waals surface area (Å²) in [6.07, 6.45) is 1.24. The zero-order chi connectivity index (χ0) is 18.5. The van der Waals surface area contributed by atoms with Crippen LogP contribution in [0.1, 0.15) is 13.8 Å². The number of amides is 1. The maximum Gasteiger partial charge on any atom is 0.269 e. The minimum Gasteiger partial charge on any atom is -0.374 e. The van der Waals surface area contributed by atoms with Gasteiger partial charge in [-0.2, -0.15) is 0 Å². The topological polar surface area (TPSA) is 76.5 Å². The van der Waals surface area contributed by atoms with Gasteiger partial charge in [-0.25, -0.2) is 4.98 Å². The van der Waals surface area contributed by atoms with Crippen molar-refractivity contribution in [2.75, 3.05) is 32.8 Å². The van der Waals surface area contributed by atoms with Crippen LogP contribution in [0.5, 0.6) is 0 Å². The highest BCUT2D eigenvalue weighted by molar-refractivity contribution is 5.79. The number of fused-ring (bicyclic) bond motifs is 1. The lowest BCUT2D eigenvalue weighted by Crippen LogP contribution is -2.48. The molecule has 140 valence electrons. The summed E-state index contributed by atoms with van der Waals surface area (Å²) in [5, 5.41) is 2.90. The molecule has 0 saturated carbocycles. The van der Waals surface area contributed by atoms with E-state index in [1.807, 2.05) is 18.2 Å². The number of morpholine rings is 1. The molecule has 0 aliphatic carbocycles. The SMILES string of the molecule is CC(C)CN1CCOC(CNC(=O)Cn2c(=O)cnc3ccccc32)C1. The van der Waals surface area contributed by atoms with Gasteiger partial charge >= 0.3 is 0 Å². The van der Waals surface area contributed by atoms with E-state index in [9.17, 15) is 9.59 Å². The van der Waals surface area contributed by atoms with Crippen molar-refractivity contribution in [2.24, 2.45) is 5.92 Å². The van der Waals surface area contributed by atoms with Gasteiger partial charge < -0.3 is 10.1 Å². The molecule has 1 amide bonds. The number of nitrogens with zero attached hydrogens (tertiary/aromatic N) is 3. The first-order valence-corrected chi connectivity index (χ1v) is 9.08. The first-order chi connectivity index (χ1) is 12.5. The zero-order valence-electron chi connectivity index (χ0n) is 15.4. The second kappa shape index (κ2) is 8.42. The Morgan fingerprint density at radius 3 is 3.00 bits per heavy atom. The van der Waals surface area contributed by atoms with Gasteiger partial charge in [0, 0.05) is 26.2 Å². The minimum absolute atomic E-state index is 0.0163. The third-order valence-corrected chi connectivity index (χ3v) is 4.43. The molecule has 3 rings (SSSR count). The lowest BCUT2D eigenvalue weighted by molar-refractivity contribution is -0.122. The number of aromatic nitrogens is 2. The van der Waals surface area contributed by atoms with E-state index in [2.05, 4.69) is 29.0 Å². The van der Waals surface area contributed by atoms with E-state index in [1.54, 1.807) is 6.07 Å². The fourth-order valence-corrected chi connectivity index (χ4v) is 3.29. The largest absolute Gasteiger partial charge is 0.374 e. The molecule has 2 aromatic rings. The average Bonchev–Trinajstić information content (AvgIpc) is 2.62. The molecule has 1 N–H and O–H groups in total. The van der Waals surface area contributed by atoms with E-state index in [1.165, 1.54) is 10.8 Å². The van der Waals surface area contributed by atoms with Crippen LogP contribution in [0, 0.1) is 5.92 Å². The maximum absolute atomic E-state index is 12.3. The Labute approximate surface area is 153 Å². The van der Waals surface area contributed by atoms with E-state index >= 15 is 0 Å². The number of rotatable bonds is 6. The van der Waals surface area contributed by atoms with Crippen molar-refractivity contribution in [3.05, 3.63) is 40.8 Å². The molecule has 1 aromatic carbocycles. The van der Waals surface area contributed by atoms with Gasteiger partial charge in [0.2, 0.25) is 5.91 Å². The summed E-state index contributed by atoms with van der Waals surface area (Å²) in [6.45, 7) is 8.28. The summed E-state index contributed by atoms with van der Waals surface area (Å²) in [6, 6.07) is 7.30. The van der Waals surface area contributed by atoms with Gasteiger partial charge in [-0.05, 0) is 18.1 Å². The molecule has 7 heteroatoms. The molecular formula is C19H26N4O3. The molecule has 2 heterocycles. The standard InChI is InChI=1S/C19H26N4O3/c1-14(2)11-22-7-8-26-15(12-22)9-21-18(24)13-23-17-6-4-3-5-16(17)20-10-19(23)25/h3-6,10,14-15H,7-9,11-13H2,1-2H3,(H,21,24). The molecule has 0 bridgehead atoms. The number of hydrogen-bond acceptors (Lipinski definition) is 5. The second-order valence-electron chi connectivity index (χ2n) is 7.12. The lowest BCUT2D eigenvalue weighted by atomic mass is 10.2. The molecule has 1 fully saturated rings. The van der Waals surface area contributed by atoms with Crippen LogP contribution in [0.15, 0.2) is 35.3 Å². The molecule has 26 heavy (non-hydrogen) atoms. The second-order valence-corrected chi connectivity index (χ2v) is 7.12. The summed E-state index contributed by atoms with van der Waals surface area (Å²) in [4.78, 5) is 30.9. The van der Waals surface area contributed by atoms with E-state index in [0.29, 0.717) is 30.1 Å². The number of nitrogens with one attached hydrogen (secondary N) is 1. The quantitative estimate of drug-likeness (QED) is 0.829. The Bertz CT molecular complexity index is 818. The van der Waals surface area contributed by atoms with Crippen LogP contribution in [-0.2, 0) is 16.1 Å². The molecule has 1 aromatic heterocycles. The van der Waals surface area contributed by atoms with Crippen molar-refractivity contribution >= 4 is 16.9 Å². The van der Waals surface area contributed by atoms with Crippen LogP contribution >= 0.6 is 0 Å². The van der Waals surface area contributed by atoms with Crippen molar-refractivity contribution in [3.63, 3.8) is 0 Å². The highest BCUT2D eigenvalue weighted by Gasteiger charge is 2.21. The molecular weight excluding hydrogens is 332 g/mol. The summed E-state index contributed by atoms with van der Waals surface area (Å²) < 4.78 is 7.20. The van der Waals surface area contributed by atoms with Crippen LogP contribution in [0.4, 0.5) is 0 Å². The van der Waals surface area contributed by atoms with Gasteiger partial charge in [0.15, 0.2) is 0 Å². The average molecular weight is 358 g/mol. The molecule has 0 radical (unpaired) electrons. The maximum atomic E-state index is 12.3. The molecule has 7 nitrogen and oxygen atoms in total. The molecule has 1 saturated heterocycles. The van der Waals surface area contributed by atoms with Crippen LogP contribution in [-0.4, -0.2) is 59.2 Å². The minimum atomic E-state index is -0.282. The predicted octanol–water partition coefficient (Wildman–Crippen LogP) is 0.870. The summed E-state index contributed by atoms with van der Waals surface area (Å²) in [5.41, 5.74) is 1.07. The first-order valence-electron chi connectivity index (χ1n) is 9.08. The Balaban J connectivity index is 1.58. The van der Waals surface area contributed by atoms with Gasteiger partial charge in [-0.1, -0.05) is 26.0 Å². The van der Waals surface area contributed by atoms with E-state index in [4.69, 9.17) is 4.74 Å². The van der Waals surface area contributed by atoms with Crippen molar-refractivity contribution < 1.29 is 9.53 Å². The van der Waals surface area contributed by atoms with E-state index < -0.39 is 0 Å². The molecule has 1 atom stereocenters. The summed E-state index contributed by atoms with van der Waals surface area (Å²) >= 11 is 0. The normalized spacial score (nSPS) is 18.3. The van der Waals surface area contributed by atoms with Crippen molar-refractivity contribution in [2.45, 2.75) is 26.5 Å². The smallest absolute Gasteiger partial charge is 0.269 e. The highest BCUT2D eigenvalue weighted by Crippen LogP contribution is 2.09. The van der Waals surface area contributed by atoms with Crippen LogP contribution in [0.25, 0.3) is 11.0 Å². The zero-order valence-corrected chi connectivity index (χ0v) is 15.4. The monoisotopic (exact) mass is 358 g/mol. The number of ether oxygens (including phenoxy) is 1.